The molecule has 0 saturated carbocycles. The molecule has 0 aliphatic carbocycles. The summed E-state index contributed by atoms with van der Waals surface area (Å²) in [7, 11) is -3.56. The Morgan fingerprint density at radius 1 is 1.55 bits per heavy atom. The molecule has 20 heavy (non-hydrogen) atoms. The molecule has 2 heterocycles. The number of sulfonamides is 1. The first-order chi connectivity index (χ1) is 9.42. The third-order valence-corrected chi connectivity index (χ3v) is 6.36. The van der Waals surface area contributed by atoms with Crippen LogP contribution in [0.1, 0.15) is 26.7 Å². The maximum atomic E-state index is 12.2. The van der Waals surface area contributed by atoms with Crippen molar-refractivity contribution in [3.8, 4) is 0 Å². The predicted octanol–water partition coefficient (Wildman–Crippen LogP) is 1.67. The van der Waals surface area contributed by atoms with Gasteiger partial charge >= 0.3 is 0 Å². The molecule has 1 fully saturated rings. The van der Waals surface area contributed by atoms with Crippen LogP contribution in [0.2, 0.25) is 0 Å². The fourth-order valence-electron chi connectivity index (χ4n) is 2.54. The van der Waals surface area contributed by atoms with Crippen LogP contribution in [0.25, 0.3) is 0 Å². The highest BCUT2D eigenvalue weighted by atomic mass is 32.2. The molecule has 1 aromatic rings. The van der Waals surface area contributed by atoms with E-state index in [2.05, 4.69) is 18.6 Å². The van der Waals surface area contributed by atoms with Crippen molar-refractivity contribution in [1.82, 2.24) is 9.62 Å². The average molecular weight is 316 g/mol. The van der Waals surface area contributed by atoms with Crippen LogP contribution in [0, 0.1) is 5.92 Å². The van der Waals surface area contributed by atoms with E-state index < -0.39 is 10.0 Å². The van der Waals surface area contributed by atoms with Gasteiger partial charge in [0.2, 0.25) is 5.91 Å². The quantitative estimate of drug-likeness (QED) is 0.898. The first-order valence-corrected chi connectivity index (χ1v) is 9.11. The van der Waals surface area contributed by atoms with Crippen LogP contribution in [0.3, 0.4) is 0 Å². The van der Waals surface area contributed by atoms with Crippen LogP contribution in [-0.2, 0) is 14.8 Å². The zero-order valence-corrected chi connectivity index (χ0v) is 13.3. The van der Waals surface area contributed by atoms with Crippen molar-refractivity contribution in [2.75, 3.05) is 13.1 Å². The zero-order chi connectivity index (χ0) is 14.8. The van der Waals surface area contributed by atoms with Gasteiger partial charge in [0.15, 0.2) is 0 Å². The molecule has 1 unspecified atom stereocenters. The van der Waals surface area contributed by atoms with E-state index in [-0.39, 0.29) is 22.7 Å². The van der Waals surface area contributed by atoms with Crippen molar-refractivity contribution in [2.45, 2.75) is 36.9 Å². The number of thiophene rings is 1. The van der Waals surface area contributed by atoms with Gasteiger partial charge in [-0.2, -0.15) is 0 Å². The number of nitrogens with zero attached hydrogens (tertiary/aromatic N) is 1. The summed E-state index contributed by atoms with van der Waals surface area (Å²) in [6.45, 7) is 4.74. The summed E-state index contributed by atoms with van der Waals surface area (Å²) in [5, 5.41) is 1.70. The Labute approximate surface area is 124 Å². The molecule has 2 rings (SSSR count). The molecule has 0 bridgehead atoms. The Balaban J connectivity index is 1.96. The third-order valence-electron chi connectivity index (χ3n) is 3.56. The van der Waals surface area contributed by atoms with Gasteiger partial charge < -0.3 is 4.90 Å². The Morgan fingerprint density at radius 3 is 2.90 bits per heavy atom. The van der Waals surface area contributed by atoms with E-state index in [4.69, 9.17) is 0 Å². The highest BCUT2D eigenvalue weighted by molar-refractivity contribution is 7.91. The highest BCUT2D eigenvalue weighted by Crippen LogP contribution is 2.23. The van der Waals surface area contributed by atoms with E-state index >= 15 is 0 Å². The smallest absolute Gasteiger partial charge is 0.250 e. The number of rotatable bonds is 5. The molecule has 1 saturated heterocycles. The van der Waals surface area contributed by atoms with Crippen molar-refractivity contribution in [1.29, 1.82) is 0 Å². The Bertz CT molecular complexity index is 552. The first-order valence-electron chi connectivity index (χ1n) is 6.74. The summed E-state index contributed by atoms with van der Waals surface area (Å²) in [5.74, 6) is 0.261. The molecule has 1 aliphatic rings. The van der Waals surface area contributed by atoms with Gasteiger partial charge in [0, 0.05) is 12.6 Å². The van der Waals surface area contributed by atoms with Crippen LogP contribution in [0.15, 0.2) is 21.7 Å². The summed E-state index contributed by atoms with van der Waals surface area (Å²) < 4.78 is 26.5. The van der Waals surface area contributed by atoms with Crippen LogP contribution in [-0.4, -0.2) is 38.4 Å². The fraction of sp³-hybridized carbons (Fsp3) is 0.615. The maximum absolute atomic E-state index is 12.2. The number of hydrogen-bond donors (Lipinski definition) is 1. The summed E-state index contributed by atoms with van der Waals surface area (Å²) in [5.41, 5.74) is 0. The SMILES string of the molecule is CC(C)C1CCCN1C(=O)CNS(=O)(=O)c1cccs1. The lowest BCUT2D eigenvalue weighted by atomic mass is 10.0. The minimum Gasteiger partial charge on any atom is -0.338 e. The van der Waals surface area contributed by atoms with Crippen LogP contribution in [0.4, 0.5) is 0 Å². The number of amides is 1. The Hall–Kier alpha value is -0.920. The summed E-state index contributed by atoms with van der Waals surface area (Å²) in [6.07, 6.45) is 1.99. The van der Waals surface area contributed by atoms with Crippen molar-refractivity contribution < 1.29 is 13.2 Å². The Kier molecular flexibility index (Phi) is 4.82. The van der Waals surface area contributed by atoms with Gasteiger partial charge in [-0.3, -0.25) is 4.79 Å². The van der Waals surface area contributed by atoms with Crippen molar-refractivity contribution in [3.05, 3.63) is 17.5 Å². The van der Waals surface area contributed by atoms with Crippen molar-refractivity contribution >= 4 is 27.3 Å². The summed E-state index contributed by atoms with van der Waals surface area (Å²) in [6, 6.07) is 3.44. The van der Waals surface area contributed by atoms with Gasteiger partial charge in [-0.05, 0) is 30.2 Å². The maximum Gasteiger partial charge on any atom is 0.250 e. The third kappa shape index (κ3) is 3.39. The largest absolute Gasteiger partial charge is 0.338 e. The van der Waals surface area contributed by atoms with E-state index in [1.807, 2.05) is 4.90 Å². The van der Waals surface area contributed by atoms with E-state index in [1.165, 1.54) is 6.07 Å². The van der Waals surface area contributed by atoms with E-state index in [0.717, 1.165) is 30.7 Å². The van der Waals surface area contributed by atoms with Crippen molar-refractivity contribution in [3.63, 3.8) is 0 Å². The molecule has 0 radical (unpaired) electrons. The molecule has 0 aromatic carbocycles. The minimum absolute atomic E-state index is 0.138. The summed E-state index contributed by atoms with van der Waals surface area (Å²) in [4.78, 5) is 14.0. The standard InChI is InChI=1S/C13H20N2O3S2/c1-10(2)11-5-3-7-15(11)12(16)9-14-20(17,18)13-6-4-8-19-13/h4,6,8,10-11,14H,3,5,7,9H2,1-2H3. The van der Waals surface area contributed by atoms with Gasteiger partial charge in [0.1, 0.15) is 4.21 Å². The van der Waals surface area contributed by atoms with Gasteiger partial charge in [-0.25, -0.2) is 13.1 Å². The van der Waals surface area contributed by atoms with Crippen LogP contribution >= 0.6 is 11.3 Å². The molecule has 1 amide bonds. The normalized spacial score (nSPS) is 19.8. The van der Waals surface area contributed by atoms with Gasteiger partial charge in [0.05, 0.1) is 6.54 Å². The molecule has 1 aliphatic heterocycles. The second-order valence-electron chi connectivity index (χ2n) is 5.30. The molecule has 5 nitrogen and oxygen atoms in total. The number of carbonyl (C=O) groups is 1. The van der Waals surface area contributed by atoms with Gasteiger partial charge in [0.25, 0.3) is 10.0 Å². The van der Waals surface area contributed by atoms with Crippen molar-refractivity contribution in [2.24, 2.45) is 5.92 Å². The second kappa shape index (κ2) is 6.24. The van der Waals surface area contributed by atoms with Gasteiger partial charge in [-0.1, -0.05) is 19.9 Å². The molecule has 112 valence electrons. The zero-order valence-electron chi connectivity index (χ0n) is 11.7. The molecule has 0 spiro atoms. The average Bonchev–Trinajstić information content (AvgIpc) is 3.06. The molecule has 7 heteroatoms. The van der Waals surface area contributed by atoms with Crippen LogP contribution in [0.5, 0.6) is 0 Å². The van der Waals surface area contributed by atoms with E-state index in [1.54, 1.807) is 11.4 Å². The number of hydrogen-bond acceptors (Lipinski definition) is 4. The number of likely N-dealkylation sites (tertiary alicyclic amines) is 1. The number of carbonyl (C=O) groups excluding carboxylic acids is 1. The molecule has 1 aromatic heterocycles. The lowest BCUT2D eigenvalue weighted by Crippen LogP contribution is -2.44. The van der Waals surface area contributed by atoms with Crippen LogP contribution < -0.4 is 4.72 Å². The predicted molar refractivity (Wildman–Crippen MR) is 79.1 cm³/mol. The fourth-order valence-corrected chi connectivity index (χ4v) is 4.55. The molecular formula is C13H20N2O3S2. The van der Waals surface area contributed by atoms with E-state index in [9.17, 15) is 13.2 Å². The monoisotopic (exact) mass is 316 g/mol. The lowest BCUT2D eigenvalue weighted by Gasteiger charge is -2.27. The second-order valence-corrected chi connectivity index (χ2v) is 8.24. The van der Waals surface area contributed by atoms with Gasteiger partial charge in [-0.15, -0.1) is 11.3 Å². The number of nitrogens with one attached hydrogen (secondary N) is 1. The molecular weight excluding hydrogens is 296 g/mol. The van der Waals surface area contributed by atoms with E-state index in [0.29, 0.717) is 5.92 Å². The first kappa shape index (κ1) is 15.5. The topological polar surface area (TPSA) is 66.5 Å². The minimum atomic E-state index is -3.56. The Morgan fingerprint density at radius 2 is 2.30 bits per heavy atom. The molecule has 1 atom stereocenters. The lowest BCUT2D eigenvalue weighted by molar-refractivity contribution is -0.131. The highest BCUT2D eigenvalue weighted by Gasteiger charge is 2.31. The summed E-state index contributed by atoms with van der Waals surface area (Å²) >= 11 is 1.14. The molecule has 1 N–H and O–H groups in total.